The fraction of sp³-hybridized carbons (Fsp3) is 0.300. The van der Waals surface area contributed by atoms with Crippen molar-refractivity contribution < 1.29 is 14.3 Å². The number of nitrogens with one attached hydrogen (secondary N) is 1. The number of nitrogens with zero attached hydrogens (tertiary/aromatic N) is 1. The summed E-state index contributed by atoms with van der Waals surface area (Å²) in [7, 11) is 0. The first-order valence-electron chi connectivity index (χ1n) is 8.68. The van der Waals surface area contributed by atoms with Crippen LogP contribution >= 0.6 is 11.6 Å². The van der Waals surface area contributed by atoms with Crippen LogP contribution in [0, 0.1) is 0 Å². The molecule has 1 aliphatic rings. The van der Waals surface area contributed by atoms with Gasteiger partial charge in [0.2, 0.25) is 0 Å². The molecule has 3 rings (SSSR count). The van der Waals surface area contributed by atoms with Crippen LogP contribution in [0.15, 0.2) is 48.5 Å². The largest absolute Gasteiger partial charge is 0.462 e. The summed E-state index contributed by atoms with van der Waals surface area (Å²) in [6.07, 6.45) is 1.89. The third-order valence-electron chi connectivity index (χ3n) is 4.42. The Balaban J connectivity index is 1.67. The molecule has 6 heteroatoms. The predicted molar refractivity (Wildman–Crippen MR) is 102 cm³/mol. The number of benzene rings is 2. The molecule has 1 fully saturated rings. The summed E-state index contributed by atoms with van der Waals surface area (Å²) in [5, 5.41) is 3.59. The minimum Gasteiger partial charge on any atom is -0.462 e. The molecule has 0 saturated carbocycles. The number of ether oxygens (including phenoxy) is 1. The third-order valence-corrected chi connectivity index (χ3v) is 4.67. The molecule has 0 aromatic heterocycles. The van der Waals surface area contributed by atoms with Crippen molar-refractivity contribution in [2.24, 2.45) is 0 Å². The van der Waals surface area contributed by atoms with E-state index in [9.17, 15) is 9.59 Å². The van der Waals surface area contributed by atoms with Crippen molar-refractivity contribution in [3.63, 3.8) is 0 Å². The Labute approximate surface area is 157 Å². The lowest BCUT2D eigenvalue weighted by molar-refractivity contribution is 0.0526. The number of urea groups is 1. The van der Waals surface area contributed by atoms with Crippen molar-refractivity contribution >= 4 is 29.3 Å². The average Bonchev–Trinajstić information content (AvgIpc) is 3.13. The number of carbonyl (C=O) groups is 2. The van der Waals surface area contributed by atoms with E-state index in [0.29, 0.717) is 29.4 Å². The molecule has 5 nitrogen and oxygen atoms in total. The Morgan fingerprint density at radius 1 is 1.15 bits per heavy atom. The molecule has 0 radical (unpaired) electrons. The number of halogens is 1. The van der Waals surface area contributed by atoms with E-state index < -0.39 is 0 Å². The molecule has 1 saturated heterocycles. The van der Waals surface area contributed by atoms with Crippen molar-refractivity contribution in [3.8, 4) is 0 Å². The van der Waals surface area contributed by atoms with Gasteiger partial charge in [-0.05, 0) is 61.7 Å². The van der Waals surface area contributed by atoms with Crippen LogP contribution in [-0.4, -0.2) is 30.1 Å². The minimum absolute atomic E-state index is 0.0473. The van der Waals surface area contributed by atoms with Crippen molar-refractivity contribution in [2.75, 3.05) is 18.5 Å². The molecule has 2 aromatic rings. The van der Waals surface area contributed by atoms with Crippen molar-refractivity contribution in [3.05, 3.63) is 64.7 Å². The number of hydrogen-bond donors (Lipinski definition) is 1. The normalized spacial score (nSPS) is 16.4. The van der Waals surface area contributed by atoms with E-state index in [-0.39, 0.29) is 18.0 Å². The summed E-state index contributed by atoms with van der Waals surface area (Å²) in [6, 6.07) is 14.2. The highest BCUT2D eigenvalue weighted by molar-refractivity contribution is 6.30. The molecule has 2 aromatic carbocycles. The van der Waals surface area contributed by atoms with Crippen LogP contribution in [0.2, 0.25) is 5.02 Å². The second kappa shape index (κ2) is 8.23. The zero-order valence-electron chi connectivity index (χ0n) is 14.6. The average molecular weight is 373 g/mol. The monoisotopic (exact) mass is 372 g/mol. The van der Waals surface area contributed by atoms with E-state index in [0.717, 1.165) is 18.4 Å². The molecule has 1 atom stereocenters. The van der Waals surface area contributed by atoms with Gasteiger partial charge in [0, 0.05) is 17.3 Å². The van der Waals surface area contributed by atoms with E-state index in [1.54, 1.807) is 31.2 Å². The lowest BCUT2D eigenvalue weighted by atomic mass is 10.1. The van der Waals surface area contributed by atoms with Gasteiger partial charge in [-0.2, -0.15) is 0 Å². The first-order chi connectivity index (χ1) is 12.6. The van der Waals surface area contributed by atoms with Gasteiger partial charge < -0.3 is 15.0 Å². The van der Waals surface area contributed by atoms with E-state index in [2.05, 4.69) is 5.32 Å². The van der Waals surface area contributed by atoms with Crippen LogP contribution < -0.4 is 5.32 Å². The van der Waals surface area contributed by atoms with Crippen LogP contribution in [0.4, 0.5) is 10.5 Å². The summed E-state index contributed by atoms with van der Waals surface area (Å²) in [5.74, 6) is -0.368. The second-order valence-electron chi connectivity index (χ2n) is 6.13. The number of carbonyl (C=O) groups excluding carboxylic acids is 2. The van der Waals surface area contributed by atoms with Gasteiger partial charge in [0.15, 0.2) is 0 Å². The molecular formula is C20H21ClN2O3. The van der Waals surface area contributed by atoms with Crippen molar-refractivity contribution in [2.45, 2.75) is 25.8 Å². The zero-order valence-corrected chi connectivity index (χ0v) is 15.3. The van der Waals surface area contributed by atoms with E-state index in [4.69, 9.17) is 16.3 Å². The van der Waals surface area contributed by atoms with E-state index in [1.807, 2.05) is 29.2 Å². The molecule has 1 heterocycles. The standard InChI is InChI=1S/C20H21ClN2O3/c1-2-26-19(24)15-7-11-17(12-8-15)22-20(25)23-13-3-4-18(23)14-5-9-16(21)10-6-14/h5-12,18H,2-4,13H2,1H3,(H,22,25)/t18-/m1/s1. The number of esters is 1. The maximum atomic E-state index is 12.7. The molecule has 0 unspecified atom stereocenters. The number of amides is 2. The SMILES string of the molecule is CCOC(=O)c1ccc(NC(=O)N2CCC[C@@H]2c2ccc(Cl)cc2)cc1. The van der Waals surface area contributed by atoms with Crippen molar-refractivity contribution in [1.82, 2.24) is 4.90 Å². The summed E-state index contributed by atoms with van der Waals surface area (Å²) >= 11 is 5.95. The Morgan fingerprint density at radius 2 is 1.85 bits per heavy atom. The Hall–Kier alpha value is -2.53. The molecular weight excluding hydrogens is 352 g/mol. The Bertz CT molecular complexity index is 775. The molecule has 0 spiro atoms. The van der Waals surface area contributed by atoms with E-state index >= 15 is 0 Å². The summed E-state index contributed by atoms with van der Waals surface area (Å²) in [5.41, 5.74) is 2.19. The summed E-state index contributed by atoms with van der Waals surface area (Å²) < 4.78 is 4.96. The fourth-order valence-corrected chi connectivity index (χ4v) is 3.27. The lowest BCUT2D eigenvalue weighted by Crippen LogP contribution is -2.34. The van der Waals surface area contributed by atoms with Gasteiger partial charge >= 0.3 is 12.0 Å². The van der Waals surface area contributed by atoms with Gasteiger partial charge in [-0.3, -0.25) is 0 Å². The molecule has 0 bridgehead atoms. The zero-order chi connectivity index (χ0) is 18.5. The quantitative estimate of drug-likeness (QED) is 0.777. The van der Waals surface area contributed by atoms with Gasteiger partial charge in [0.1, 0.15) is 0 Å². The van der Waals surface area contributed by atoms with E-state index in [1.165, 1.54) is 0 Å². The van der Waals surface area contributed by atoms with Crippen LogP contribution in [0.3, 0.4) is 0 Å². The number of rotatable bonds is 4. The maximum absolute atomic E-state index is 12.7. The first kappa shape index (κ1) is 18.3. The topological polar surface area (TPSA) is 58.6 Å². The van der Waals surface area contributed by atoms with Gasteiger partial charge in [0.25, 0.3) is 0 Å². The van der Waals surface area contributed by atoms with Crippen LogP contribution in [0.5, 0.6) is 0 Å². The summed E-state index contributed by atoms with van der Waals surface area (Å²) in [4.78, 5) is 26.2. The maximum Gasteiger partial charge on any atom is 0.338 e. The van der Waals surface area contributed by atoms with Crippen LogP contribution in [-0.2, 0) is 4.74 Å². The third kappa shape index (κ3) is 4.17. The number of hydrogen-bond acceptors (Lipinski definition) is 3. The van der Waals surface area contributed by atoms with Gasteiger partial charge in [-0.15, -0.1) is 0 Å². The predicted octanol–water partition coefficient (Wildman–Crippen LogP) is 4.89. The highest BCUT2D eigenvalue weighted by Crippen LogP contribution is 2.33. The first-order valence-corrected chi connectivity index (χ1v) is 9.06. The Kier molecular flexibility index (Phi) is 5.78. The van der Waals surface area contributed by atoms with Crippen molar-refractivity contribution in [1.29, 1.82) is 0 Å². The van der Waals surface area contributed by atoms with Crippen LogP contribution in [0.25, 0.3) is 0 Å². The number of anilines is 1. The van der Waals surface area contributed by atoms with Gasteiger partial charge in [-0.1, -0.05) is 23.7 Å². The smallest absolute Gasteiger partial charge is 0.338 e. The molecule has 26 heavy (non-hydrogen) atoms. The minimum atomic E-state index is -0.368. The van der Waals surface area contributed by atoms with Crippen LogP contribution in [0.1, 0.15) is 41.7 Å². The lowest BCUT2D eigenvalue weighted by Gasteiger charge is -2.25. The molecule has 0 aliphatic carbocycles. The highest BCUT2D eigenvalue weighted by Gasteiger charge is 2.30. The second-order valence-corrected chi connectivity index (χ2v) is 6.57. The van der Waals surface area contributed by atoms with Gasteiger partial charge in [0.05, 0.1) is 18.2 Å². The highest BCUT2D eigenvalue weighted by atomic mass is 35.5. The molecule has 1 N–H and O–H groups in total. The molecule has 136 valence electrons. The molecule has 2 amide bonds. The summed E-state index contributed by atoms with van der Waals surface area (Å²) in [6.45, 7) is 2.80. The Morgan fingerprint density at radius 3 is 2.50 bits per heavy atom. The fourth-order valence-electron chi connectivity index (χ4n) is 3.14. The molecule has 1 aliphatic heterocycles. The number of likely N-dealkylation sites (tertiary alicyclic amines) is 1. The van der Waals surface area contributed by atoms with Gasteiger partial charge in [-0.25, -0.2) is 9.59 Å².